The van der Waals surface area contributed by atoms with Crippen molar-refractivity contribution in [1.82, 2.24) is 4.90 Å². The molecular formula is C25H33FN3O4+. The molecule has 0 aliphatic carbocycles. The number of benzene rings is 2. The van der Waals surface area contributed by atoms with Gasteiger partial charge in [0, 0.05) is 12.1 Å². The van der Waals surface area contributed by atoms with Gasteiger partial charge in [-0.15, -0.1) is 0 Å². The van der Waals surface area contributed by atoms with Crippen LogP contribution >= 0.6 is 0 Å². The fraction of sp³-hybridized carbons (Fsp3) is 0.440. The SMILES string of the molecule is CC(C)(C)OC(=O)N1CC[N+](Cc2ccccc2)(C(=O)O)C[C@H]1CCNc1ccccc1F. The molecule has 178 valence electrons. The first-order valence-electron chi connectivity index (χ1n) is 11.2. The van der Waals surface area contributed by atoms with Crippen LogP contribution in [0.4, 0.5) is 19.7 Å². The Bertz CT molecular complexity index is 964. The lowest BCUT2D eigenvalue weighted by atomic mass is 10.0. The third-order valence-electron chi connectivity index (χ3n) is 5.80. The molecule has 1 aliphatic heterocycles. The minimum atomic E-state index is -0.922. The van der Waals surface area contributed by atoms with Gasteiger partial charge in [0.25, 0.3) is 0 Å². The Kier molecular flexibility index (Phi) is 7.58. The molecule has 33 heavy (non-hydrogen) atoms. The summed E-state index contributed by atoms with van der Waals surface area (Å²) in [5.41, 5.74) is 0.641. The van der Waals surface area contributed by atoms with E-state index in [1.807, 2.05) is 30.3 Å². The maximum absolute atomic E-state index is 14.0. The molecule has 1 saturated heterocycles. The summed E-state index contributed by atoms with van der Waals surface area (Å²) in [6.07, 6.45) is -0.925. The van der Waals surface area contributed by atoms with Gasteiger partial charge < -0.3 is 15.2 Å². The van der Waals surface area contributed by atoms with Crippen LogP contribution in [0, 0.1) is 5.82 Å². The van der Waals surface area contributed by atoms with Gasteiger partial charge in [-0.2, -0.15) is 4.79 Å². The van der Waals surface area contributed by atoms with Gasteiger partial charge in [0.2, 0.25) is 0 Å². The number of hydrogen-bond donors (Lipinski definition) is 2. The number of para-hydroxylation sites is 1. The lowest BCUT2D eigenvalue weighted by Crippen LogP contribution is -2.66. The van der Waals surface area contributed by atoms with Crippen molar-refractivity contribution in [1.29, 1.82) is 0 Å². The largest absolute Gasteiger partial charge is 0.513 e. The number of anilines is 1. The van der Waals surface area contributed by atoms with E-state index in [0.29, 0.717) is 25.2 Å². The van der Waals surface area contributed by atoms with Crippen LogP contribution < -0.4 is 5.32 Å². The number of nitrogens with zero attached hydrogens (tertiary/aromatic N) is 2. The first-order chi connectivity index (χ1) is 15.6. The molecule has 0 saturated carbocycles. The zero-order valence-electron chi connectivity index (χ0n) is 19.5. The van der Waals surface area contributed by atoms with Crippen molar-refractivity contribution in [2.75, 3.05) is 31.5 Å². The Balaban J connectivity index is 1.79. The maximum atomic E-state index is 14.0. The fourth-order valence-corrected chi connectivity index (χ4v) is 4.18. The van der Waals surface area contributed by atoms with E-state index >= 15 is 0 Å². The number of ether oxygens (including phenoxy) is 1. The zero-order chi connectivity index (χ0) is 24.1. The number of carbonyl (C=O) groups excluding carboxylic acids is 1. The Morgan fingerprint density at radius 2 is 1.82 bits per heavy atom. The molecule has 2 aromatic carbocycles. The second kappa shape index (κ2) is 10.2. The average molecular weight is 459 g/mol. The van der Waals surface area contributed by atoms with Crippen molar-refractivity contribution < 1.29 is 28.3 Å². The summed E-state index contributed by atoms with van der Waals surface area (Å²) < 4.78 is 19.4. The van der Waals surface area contributed by atoms with Crippen molar-refractivity contribution in [3.05, 3.63) is 66.0 Å². The normalized spacial score (nSPS) is 20.8. The van der Waals surface area contributed by atoms with Crippen molar-refractivity contribution >= 4 is 17.9 Å². The van der Waals surface area contributed by atoms with Crippen molar-refractivity contribution in [2.45, 2.75) is 45.4 Å². The second-order valence-electron chi connectivity index (χ2n) is 9.50. The highest BCUT2D eigenvalue weighted by Crippen LogP contribution is 2.26. The minimum absolute atomic E-state index is 0.173. The molecule has 7 nitrogen and oxygen atoms in total. The van der Waals surface area contributed by atoms with E-state index in [1.165, 1.54) is 6.07 Å². The molecule has 0 aromatic heterocycles. The van der Waals surface area contributed by atoms with Crippen LogP contribution in [-0.4, -0.2) is 64.5 Å². The third-order valence-corrected chi connectivity index (χ3v) is 5.80. The Hall–Kier alpha value is -3.13. The van der Waals surface area contributed by atoms with E-state index < -0.39 is 17.8 Å². The number of carbonyl (C=O) groups is 2. The average Bonchev–Trinajstić information content (AvgIpc) is 2.74. The van der Waals surface area contributed by atoms with Crippen LogP contribution in [0.25, 0.3) is 0 Å². The van der Waals surface area contributed by atoms with Gasteiger partial charge in [0.05, 0.1) is 18.3 Å². The number of nitrogens with one attached hydrogen (secondary N) is 1. The van der Waals surface area contributed by atoms with E-state index in [2.05, 4.69) is 5.32 Å². The molecule has 0 radical (unpaired) electrons. The van der Waals surface area contributed by atoms with E-state index in [0.717, 1.165) is 5.56 Å². The highest BCUT2D eigenvalue weighted by molar-refractivity contribution is 5.69. The molecule has 0 spiro atoms. The van der Waals surface area contributed by atoms with E-state index in [-0.39, 0.29) is 36.0 Å². The highest BCUT2D eigenvalue weighted by atomic mass is 19.1. The maximum Gasteiger partial charge on any atom is 0.513 e. The van der Waals surface area contributed by atoms with Gasteiger partial charge in [-0.25, -0.2) is 13.7 Å². The van der Waals surface area contributed by atoms with Gasteiger partial charge >= 0.3 is 12.2 Å². The van der Waals surface area contributed by atoms with Gasteiger partial charge in [0.1, 0.15) is 31.1 Å². The molecule has 2 N–H and O–H groups in total. The quantitative estimate of drug-likeness (QED) is 0.600. The molecular weight excluding hydrogens is 425 g/mol. The minimum Gasteiger partial charge on any atom is -0.444 e. The number of hydrogen-bond acceptors (Lipinski definition) is 4. The molecule has 1 unspecified atom stereocenters. The van der Waals surface area contributed by atoms with E-state index in [9.17, 15) is 19.1 Å². The first-order valence-corrected chi connectivity index (χ1v) is 11.2. The van der Waals surface area contributed by atoms with Gasteiger partial charge in [-0.3, -0.25) is 4.90 Å². The summed E-state index contributed by atoms with van der Waals surface area (Å²) in [4.78, 5) is 27.0. The molecule has 1 aliphatic rings. The molecule has 1 fully saturated rings. The zero-order valence-corrected chi connectivity index (χ0v) is 19.5. The lowest BCUT2D eigenvalue weighted by Gasteiger charge is -2.45. The fourth-order valence-electron chi connectivity index (χ4n) is 4.18. The van der Waals surface area contributed by atoms with E-state index in [4.69, 9.17) is 4.74 Å². The number of carboxylic acid groups (broad SMARTS) is 1. The number of quaternary nitrogens is 1. The molecule has 2 aromatic rings. The highest BCUT2D eigenvalue weighted by Gasteiger charge is 2.47. The monoisotopic (exact) mass is 458 g/mol. The van der Waals surface area contributed by atoms with Crippen molar-refractivity contribution in [3.8, 4) is 0 Å². The molecule has 1 heterocycles. The van der Waals surface area contributed by atoms with Gasteiger partial charge in [0.15, 0.2) is 0 Å². The predicted octanol–water partition coefficient (Wildman–Crippen LogP) is 4.94. The predicted molar refractivity (Wildman–Crippen MR) is 124 cm³/mol. The number of piperazine rings is 1. The Labute approximate surface area is 194 Å². The molecule has 2 amide bonds. The van der Waals surface area contributed by atoms with Crippen LogP contribution in [0.5, 0.6) is 0 Å². The first kappa shape index (κ1) is 24.5. The summed E-state index contributed by atoms with van der Waals surface area (Å²) in [5, 5.41) is 13.3. The summed E-state index contributed by atoms with van der Waals surface area (Å²) in [5.74, 6) is -0.357. The third kappa shape index (κ3) is 6.44. The topological polar surface area (TPSA) is 78.9 Å². The second-order valence-corrected chi connectivity index (χ2v) is 9.50. The molecule has 3 rings (SSSR count). The summed E-state index contributed by atoms with van der Waals surface area (Å²) in [6, 6.07) is 15.5. The van der Waals surface area contributed by atoms with Crippen LogP contribution in [0.2, 0.25) is 0 Å². The lowest BCUT2D eigenvalue weighted by molar-refractivity contribution is -0.878. The van der Waals surface area contributed by atoms with Gasteiger partial charge in [-0.05, 0) is 39.3 Å². The Morgan fingerprint density at radius 1 is 1.15 bits per heavy atom. The number of halogens is 1. The summed E-state index contributed by atoms with van der Waals surface area (Å²) in [6.45, 7) is 6.90. The molecule has 0 bridgehead atoms. The summed E-state index contributed by atoms with van der Waals surface area (Å²) >= 11 is 0. The standard InChI is InChI=1S/C25H32FN3O4/c1-25(2,3)33-23(30)28-15-16-29(24(31)32,17-19-9-5-4-6-10-19)18-20(28)13-14-27-22-12-8-7-11-21(22)26/h4-12,20,27H,13-18H2,1-3H3/p+1/t20-,29?/m1/s1. The molecule has 8 heteroatoms. The van der Waals surface area contributed by atoms with Crippen LogP contribution in [-0.2, 0) is 11.3 Å². The molecule has 2 atom stereocenters. The smallest absolute Gasteiger partial charge is 0.444 e. The number of amides is 2. The van der Waals surface area contributed by atoms with E-state index in [1.54, 1.807) is 43.9 Å². The Morgan fingerprint density at radius 3 is 2.45 bits per heavy atom. The number of rotatable bonds is 6. The van der Waals surface area contributed by atoms with Crippen molar-refractivity contribution in [2.24, 2.45) is 0 Å². The summed E-state index contributed by atoms with van der Waals surface area (Å²) in [7, 11) is 0. The van der Waals surface area contributed by atoms with Crippen LogP contribution in [0.1, 0.15) is 32.8 Å². The van der Waals surface area contributed by atoms with Crippen LogP contribution in [0.15, 0.2) is 54.6 Å². The van der Waals surface area contributed by atoms with Crippen molar-refractivity contribution in [3.63, 3.8) is 0 Å². The van der Waals surface area contributed by atoms with Gasteiger partial charge in [-0.1, -0.05) is 42.5 Å². The van der Waals surface area contributed by atoms with Crippen LogP contribution in [0.3, 0.4) is 0 Å².